The number of nitrogens with zero attached hydrogens (tertiary/aromatic N) is 1. The number of likely N-dealkylation sites (N-methyl/N-ethyl adjacent to an activating group) is 1. The first-order valence-corrected chi connectivity index (χ1v) is 6.03. The molecule has 1 N–H and O–H groups in total. The summed E-state index contributed by atoms with van der Waals surface area (Å²) in [5.41, 5.74) is 0.265. The van der Waals surface area contributed by atoms with Crippen molar-refractivity contribution >= 4 is 0 Å². The molecule has 92 valence electrons. The van der Waals surface area contributed by atoms with Gasteiger partial charge in [-0.15, -0.1) is 0 Å². The van der Waals surface area contributed by atoms with Gasteiger partial charge >= 0.3 is 0 Å². The van der Waals surface area contributed by atoms with Crippen LogP contribution in [0.25, 0.3) is 0 Å². The Morgan fingerprint density at radius 3 is 2.40 bits per heavy atom. The highest BCUT2D eigenvalue weighted by molar-refractivity contribution is 4.75. The van der Waals surface area contributed by atoms with Gasteiger partial charge in [-0.3, -0.25) is 0 Å². The van der Waals surface area contributed by atoms with E-state index in [2.05, 4.69) is 38.0 Å². The van der Waals surface area contributed by atoms with Gasteiger partial charge < -0.3 is 15.0 Å². The summed E-state index contributed by atoms with van der Waals surface area (Å²) in [6, 6.07) is 0. The van der Waals surface area contributed by atoms with Crippen molar-refractivity contribution in [1.29, 1.82) is 0 Å². The van der Waals surface area contributed by atoms with E-state index in [1.54, 1.807) is 0 Å². The second-order valence-corrected chi connectivity index (χ2v) is 4.66. The van der Waals surface area contributed by atoms with Crippen molar-refractivity contribution < 1.29 is 4.74 Å². The molecule has 15 heavy (non-hydrogen) atoms. The minimum absolute atomic E-state index is 0.265. The smallest absolute Gasteiger partial charge is 0.0593 e. The summed E-state index contributed by atoms with van der Waals surface area (Å²) in [7, 11) is 2.14. The Hall–Kier alpha value is -0.120. The van der Waals surface area contributed by atoms with Gasteiger partial charge in [0.1, 0.15) is 0 Å². The maximum absolute atomic E-state index is 5.31. The zero-order valence-corrected chi connectivity index (χ0v) is 11.1. The first-order valence-electron chi connectivity index (χ1n) is 6.03. The number of ether oxygens (including phenoxy) is 1. The quantitative estimate of drug-likeness (QED) is 0.594. The lowest BCUT2D eigenvalue weighted by Crippen LogP contribution is -2.42. The highest BCUT2D eigenvalue weighted by atomic mass is 16.5. The molecule has 0 aromatic rings. The third kappa shape index (κ3) is 8.85. The SMILES string of the molecule is CCOCCN(C)CCNC(C)(C)CC. The van der Waals surface area contributed by atoms with E-state index in [-0.39, 0.29) is 5.54 Å². The summed E-state index contributed by atoms with van der Waals surface area (Å²) in [6.07, 6.45) is 1.16. The van der Waals surface area contributed by atoms with E-state index in [9.17, 15) is 0 Å². The number of rotatable bonds is 9. The molecule has 0 atom stereocenters. The molecule has 0 spiro atoms. The normalized spacial score (nSPS) is 12.4. The fourth-order valence-electron chi connectivity index (χ4n) is 1.19. The van der Waals surface area contributed by atoms with Gasteiger partial charge in [-0.1, -0.05) is 6.92 Å². The van der Waals surface area contributed by atoms with Crippen molar-refractivity contribution in [2.45, 2.75) is 39.7 Å². The molecule has 0 aromatic heterocycles. The van der Waals surface area contributed by atoms with Crippen molar-refractivity contribution in [3.05, 3.63) is 0 Å². The molecule has 0 aromatic carbocycles. The van der Waals surface area contributed by atoms with Gasteiger partial charge in [0.15, 0.2) is 0 Å². The average Bonchev–Trinajstić information content (AvgIpc) is 2.18. The third-order valence-corrected chi connectivity index (χ3v) is 2.80. The Labute approximate surface area is 95.2 Å². The molecular formula is C12H28N2O. The Kier molecular flexibility index (Phi) is 8.02. The Bertz CT molecular complexity index is 149. The van der Waals surface area contributed by atoms with E-state index in [4.69, 9.17) is 4.74 Å². The molecule has 0 aliphatic carbocycles. The van der Waals surface area contributed by atoms with E-state index in [1.807, 2.05) is 6.92 Å². The van der Waals surface area contributed by atoms with Crippen LogP contribution >= 0.6 is 0 Å². The van der Waals surface area contributed by atoms with Gasteiger partial charge in [-0.05, 0) is 34.2 Å². The average molecular weight is 216 g/mol. The topological polar surface area (TPSA) is 24.5 Å². The predicted octanol–water partition coefficient (Wildman–Crippen LogP) is 1.73. The maximum atomic E-state index is 5.31. The van der Waals surface area contributed by atoms with Crippen LogP contribution in [-0.2, 0) is 4.74 Å². The molecule has 0 amide bonds. The van der Waals surface area contributed by atoms with E-state index >= 15 is 0 Å². The fraction of sp³-hybridized carbons (Fsp3) is 1.00. The van der Waals surface area contributed by atoms with Crippen LogP contribution in [0.1, 0.15) is 34.1 Å². The molecule has 0 saturated heterocycles. The summed E-state index contributed by atoms with van der Waals surface area (Å²) >= 11 is 0. The van der Waals surface area contributed by atoms with Crippen LogP contribution in [0.4, 0.5) is 0 Å². The van der Waals surface area contributed by atoms with E-state index < -0.39 is 0 Å². The van der Waals surface area contributed by atoms with Crippen LogP contribution in [0.3, 0.4) is 0 Å². The van der Waals surface area contributed by atoms with Crippen LogP contribution in [0.15, 0.2) is 0 Å². The minimum atomic E-state index is 0.265. The van der Waals surface area contributed by atoms with Crippen molar-refractivity contribution in [3.8, 4) is 0 Å². The molecular weight excluding hydrogens is 188 g/mol. The molecule has 0 radical (unpaired) electrons. The molecule has 0 aliphatic heterocycles. The highest BCUT2D eigenvalue weighted by Gasteiger charge is 2.12. The largest absolute Gasteiger partial charge is 0.380 e. The van der Waals surface area contributed by atoms with Crippen LogP contribution in [0, 0.1) is 0 Å². The van der Waals surface area contributed by atoms with Crippen LogP contribution in [0.2, 0.25) is 0 Å². The minimum Gasteiger partial charge on any atom is -0.380 e. The Balaban J connectivity index is 3.42. The zero-order valence-electron chi connectivity index (χ0n) is 11.1. The standard InChI is InChI=1S/C12H28N2O/c1-6-12(3,4)13-8-9-14(5)10-11-15-7-2/h13H,6-11H2,1-5H3. The number of nitrogens with one attached hydrogen (secondary N) is 1. The summed E-state index contributed by atoms with van der Waals surface area (Å²) in [6.45, 7) is 13.5. The molecule has 0 fully saturated rings. The number of hydrogen-bond acceptors (Lipinski definition) is 3. The lowest BCUT2D eigenvalue weighted by Gasteiger charge is -2.26. The molecule has 3 heteroatoms. The predicted molar refractivity (Wildman–Crippen MR) is 66.4 cm³/mol. The first kappa shape index (κ1) is 14.9. The van der Waals surface area contributed by atoms with Gasteiger partial charge in [0.2, 0.25) is 0 Å². The Morgan fingerprint density at radius 1 is 1.20 bits per heavy atom. The van der Waals surface area contributed by atoms with Gasteiger partial charge in [-0.25, -0.2) is 0 Å². The lowest BCUT2D eigenvalue weighted by atomic mass is 10.0. The first-order chi connectivity index (χ1) is 7.02. The maximum Gasteiger partial charge on any atom is 0.0593 e. The molecule has 0 aliphatic rings. The second kappa shape index (κ2) is 8.08. The summed E-state index contributed by atoms with van der Waals surface area (Å²) in [5, 5.41) is 3.55. The van der Waals surface area contributed by atoms with Crippen molar-refractivity contribution in [2.24, 2.45) is 0 Å². The lowest BCUT2D eigenvalue weighted by molar-refractivity contribution is 0.121. The monoisotopic (exact) mass is 216 g/mol. The van der Waals surface area contributed by atoms with Crippen LogP contribution < -0.4 is 5.32 Å². The molecule has 0 saturated carbocycles. The molecule has 0 heterocycles. The highest BCUT2D eigenvalue weighted by Crippen LogP contribution is 2.05. The second-order valence-electron chi connectivity index (χ2n) is 4.66. The third-order valence-electron chi connectivity index (χ3n) is 2.80. The van der Waals surface area contributed by atoms with Crippen molar-refractivity contribution in [2.75, 3.05) is 39.9 Å². The van der Waals surface area contributed by atoms with E-state index in [0.717, 1.165) is 39.3 Å². The summed E-state index contributed by atoms with van der Waals surface area (Å²) < 4.78 is 5.31. The zero-order chi connectivity index (χ0) is 11.7. The van der Waals surface area contributed by atoms with E-state index in [1.165, 1.54) is 0 Å². The number of hydrogen-bond donors (Lipinski definition) is 1. The van der Waals surface area contributed by atoms with Gasteiger partial charge in [0, 0.05) is 31.8 Å². The summed E-state index contributed by atoms with van der Waals surface area (Å²) in [4.78, 5) is 2.30. The summed E-state index contributed by atoms with van der Waals surface area (Å²) in [5.74, 6) is 0. The van der Waals surface area contributed by atoms with Crippen molar-refractivity contribution in [3.63, 3.8) is 0 Å². The van der Waals surface area contributed by atoms with Crippen LogP contribution in [0.5, 0.6) is 0 Å². The fourth-order valence-corrected chi connectivity index (χ4v) is 1.19. The van der Waals surface area contributed by atoms with Crippen LogP contribution in [-0.4, -0.2) is 50.3 Å². The van der Waals surface area contributed by atoms with Gasteiger partial charge in [0.05, 0.1) is 6.61 Å². The molecule has 0 bridgehead atoms. The van der Waals surface area contributed by atoms with E-state index in [0.29, 0.717) is 0 Å². The molecule has 0 rings (SSSR count). The molecule has 0 unspecified atom stereocenters. The Morgan fingerprint density at radius 2 is 1.87 bits per heavy atom. The molecule has 3 nitrogen and oxygen atoms in total. The van der Waals surface area contributed by atoms with Crippen molar-refractivity contribution in [1.82, 2.24) is 10.2 Å². The van der Waals surface area contributed by atoms with Gasteiger partial charge in [-0.2, -0.15) is 0 Å². The van der Waals surface area contributed by atoms with Gasteiger partial charge in [0.25, 0.3) is 0 Å².